The van der Waals surface area contributed by atoms with Crippen molar-refractivity contribution in [1.29, 1.82) is 4.78 Å². The van der Waals surface area contributed by atoms with E-state index in [1.54, 1.807) is 0 Å². The van der Waals surface area contributed by atoms with Gasteiger partial charge >= 0.3 is 10.5 Å². The molecule has 6 heteroatoms. The number of primary amides is 1. The third kappa shape index (κ3) is 9.05. The Balaban J connectivity index is 0.000000307. The van der Waals surface area contributed by atoms with E-state index in [2.05, 4.69) is 54.3 Å². The maximum Gasteiger partial charge on any atom is 0.308 e. The first-order chi connectivity index (χ1) is 8.43. The number of hydrogen-bond donors (Lipinski definition) is 2. The number of carbonyl (C=O) groups is 1. The SMILES string of the molecule is CC(N)=O.N=S(=O)=O.c1ccc2ccccc2c1. The molecule has 96 valence electrons. The molecule has 0 radical (unpaired) electrons. The number of carbonyl (C=O) groups excluding carboxylic acids is 1. The van der Waals surface area contributed by atoms with Crippen molar-refractivity contribution < 1.29 is 13.2 Å². The second-order valence-corrected chi connectivity index (χ2v) is 3.66. The van der Waals surface area contributed by atoms with Crippen molar-refractivity contribution in [3.8, 4) is 0 Å². The summed E-state index contributed by atoms with van der Waals surface area (Å²) in [5.74, 6) is -0.333. The summed E-state index contributed by atoms with van der Waals surface area (Å²) in [4.78, 5) is 9.22. The Hall–Kier alpha value is -2.21. The van der Waals surface area contributed by atoms with Gasteiger partial charge in [0, 0.05) is 6.92 Å². The molecule has 0 aliphatic rings. The zero-order chi connectivity index (χ0) is 14.0. The number of benzene rings is 2. The lowest BCUT2D eigenvalue weighted by molar-refractivity contribution is -0.115. The van der Waals surface area contributed by atoms with Crippen LogP contribution in [0.3, 0.4) is 0 Å². The van der Waals surface area contributed by atoms with Crippen LogP contribution in [-0.2, 0) is 15.3 Å². The van der Waals surface area contributed by atoms with Gasteiger partial charge in [0.1, 0.15) is 0 Å². The van der Waals surface area contributed by atoms with Crippen LogP contribution in [0.25, 0.3) is 10.8 Å². The molecule has 0 heterocycles. The minimum absolute atomic E-state index is 0.333. The lowest BCUT2D eigenvalue weighted by Gasteiger charge is -1.92. The second kappa shape index (κ2) is 8.89. The monoisotopic (exact) mass is 266 g/mol. The first-order valence-corrected chi connectivity index (χ1v) is 6.01. The van der Waals surface area contributed by atoms with E-state index in [4.69, 9.17) is 13.2 Å². The number of nitrogens with one attached hydrogen (secondary N) is 1. The highest BCUT2D eigenvalue weighted by molar-refractivity contribution is 7.60. The van der Waals surface area contributed by atoms with Gasteiger partial charge in [-0.15, -0.1) is 0 Å². The van der Waals surface area contributed by atoms with Gasteiger partial charge in [0.15, 0.2) is 0 Å². The van der Waals surface area contributed by atoms with Crippen molar-refractivity contribution in [3.63, 3.8) is 0 Å². The summed E-state index contributed by atoms with van der Waals surface area (Å²) in [6.07, 6.45) is 0. The van der Waals surface area contributed by atoms with Crippen molar-refractivity contribution >= 4 is 27.2 Å². The molecule has 0 saturated carbocycles. The first kappa shape index (κ1) is 15.8. The molecule has 0 fully saturated rings. The lowest BCUT2D eigenvalue weighted by Crippen LogP contribution is -2.01. The van der Waals surface area contributed by atoms with E-state index in [0.717, 1.165) is 0 Å². The van der Waals surface area contributed by atoms with E-state index in [1.165, 1.54) is 17.7 Å². The van der Waals surface area contributed by atoms with Gasteiger partial charge < -0.3 is 5.73 Å². The Labute approximate surface area is 107 Å². The number of nitrogens with two attached hydrogens (primary N) is 1. The molecule has 0 aliphatic heterocycles. The molecule has 18 heavy (non-hydrogen) atoms. The number of amides is 1. The van der Waals surface area contributed by atoms with Crippen LogP contribution in [0.2, 0.25) is 0 Å². The van der Waals surface area contributed by atoms with Crippen LogP contribution >= 0.6 is 0 Å². The molecule has 0 unspecified atom stereocenters. The predicted molar refractivity (Wildman–Crippen MR) is 70.5 cm³/mol. The van der Waals surface area contributed by atoms with Crippen molar-refractivity contribution in [3.05, 3.63) is 48.5 Å². The fraction of sp³-hybridized carbons (Fsp3) is 0.0833. The molecule has 0 aliphatic carbocycles. The van der Waals surface area contributed by atoms with E-state index < -0.39 is 10.5 Å². The van der Waals surface area contributed by atoms with Crippen LogP contribution in [0.15, 0.2) is 48.5 Å². The zero-order valence-corrected chi connectivity index (χ0v) is 10.6. The third-order valence-electron chi connectivity index (χ3n) is 1.66. The molecule has 0 spiro atoms. The van der Waals surface area contributed by atoms with Crippen LogP contribution in [0.1, 0.15) is 6.92 Å². The van der Waals surface area contributed by atoms with E-state index in [9.17, 15) is 4.79 Å². The van der Waals surface area contributed by atoms with Crippen molar-refractivity contribution in [2.24, 2.45) is 5.73 Å². The van der Waals surface area contributed by atoms with Crippen LogP contribution < -0.4 is 5.73 Å². The largest absolute Gasteiger partial charge is 0.370 e. The zero-order valence-electron chi connectivity index (χ0n) is 9.83. The molecular weight excluding hydrogens is 252 g/mol. The third-order valence-corrected chi connectivity index (χ3v) is 1.66. The topological polar surface area (TPSA) is 101 Å². The average Bonchev–Trinajstić information content (AvgIpc) is 2.28. The molecule has 1 amide bonds. The molecule has 0 bridgehead atoms. The fourth-order valence-corrected chi connectivity index (χ4v) is 1.13. The second-order valence-electron chi connectivity index (χ2n) is 3.19. The molecule has 0 atom stereocenters. The summed E-state index contributed by atoms with van der Waals surface area (Å²) in [5, 5.41) is 2.62. The number of fused-ring (bicyclic) bond motifs is 1. The van der Waals surface area contributed by atoms with Crippen molar-refractivity contribution in [2.45, 2.75) is 6.92 Å². The summed E-state index contributed by atoms with van der Waals surface area (Å²) < 4.78 is 22.8. The van der Waals surface area contributed by atoms with Gasteiger partial charge in [-0.2, -0.15) is 13.2 Å². The molecule has 2 aromatic carbocycles. The molecule has 0 saturated heterocycles. The molecule has 0 aromatic heterocycles. The average molecular weight is 266 g/mol. The summed E-state index contributed by atoms with van der Waals surface area (Å²) in [6.45, 7) is 1.31. The van der Waals surface area contributed by atoms with E-state index in [1.807, 2.05) is 0 Å². The van der Waals surface area contributed by atoms with Gasteiger partial charge in [0.05, 0.1) is 0 Å². The van der Waals surface area contributed by atoms with Gasteiger partial charge in [-0.1, -0.05) is 48.5 Å². The first-order valence-electron chi connectivity index (χ1n) is 4.93. The van der Waals surface area contributed by atoms with E-state index in [0.29, 0.717) is 0 Å². The van der Waals surface area contributed by atoms with Crippen LogP contribution in [0.4, 0.5) is 0 Å². The van der Waals surface area contributed by atoms with Crippen LogP contribution in [0.5, 0.6) is 0 Å². The Morgan fingerprint density at radius 1 is 1.00 bits per heavy atom. The van der Waals surface area contributed by atoms with Crippen LogP contribution in [-0.4, -0.2) is 14.3 Å². The normalized spacial score (nSPS) is 8.28. The molecular formula is C12H14N2O3S. The quantitative estimate of drug-likeness (QED) is 0.762. The standard InChI is InChI=1S/C10H8.C2H5NO.HNO2S/c1-2-6-10-8-4-3-7-9(10)5-1;1-2(3)4;1-4(2)3/h1-8H;1H3,(H2,3,4);1H. The number of rotatable bonds is 0. The summed E-state index contributed by atoms with van der Waals surface area (Å²) in [7, 11) is -2.61. The summed E-state index contributed by atoms with van der Waals surface area (Å²) in [6, 6.07) is 16.7. The van der Waals surface area contributed by atoms with Crippen LogP contribution in [0, 0.1) is 4.78 Å². The Bertz CT molecular complexity index is 533. The fourth-order valence-electron chi connectivity index (χ4n) is 1.13. The predicted octanol–water partition coefficient (Wildman–Crippen LogP) is 1.96. The molecule has 2 rings (SSSR count). The highest BCUT2D eigenvalue weighted by atomic mass is 32.2. The smallest absolute Gasteiger partial charge is 0.308 e. The van der Waals surface area contributed by atoms with Gasteiger partial charge in [-0.3, -0.25) is 4.79 Å². The Kier molecular flexibility index (Phi) is 7.80. The van der Waals surface area contributed by atoms with Gasteiger partial charge in [-0.05, 0) is 10.8 Å². The minimum Gasteiger partial charge on any atom is -0.370 e. The van der Waals surface area contributed by atoms with Crippen molar-refractivity contribution in [2.75, 3.05) is 0 Å². The van der Waals surface area contributed by atoms with E-state index >= 15 is 0 Å². The minimum atomic E-state index is -2.61. The highest BCUT2D eigenvalue weighted by Gasteiger charge is 1.85. The summed E-state index contributed by atoms with van der Waals surface area (Å²) >= 11 is 0. The molecule has 2 aromatic rings. The maximum absolute atomic E-state index is 9.22. The summed E-state index contributed by atoms with van der Waals surface area (Å²) in [5.41, 5.74) is 4.47. The van der Waals surface area contributed by atoms with Gasteiger partial charge in [-0.25, -0.2) is 0 Å². The van der Waals surface area contributed by atoms with Crippen molar-refractivity contribution in [1.82, 2.24) is 0 Å². The lowest BCUT2D eigenvalue weighted by atomic mass is 10.1. The Morgan fingerprint density at radius 3 is 1.33 bits per heavy atom. The van der Waals surface area contributed by atoms with Gasteiger partial charge in [0.25, 0.3) is 0 Å². The molecule has 5 nitrogen and oxygen atoms in total. The molecule has 3 N–H and O–H groups in total. The van der Waals surface area contributed by atoms with Gasteiger partial charge in [0.2, 0.25) is 5.91 Å². The maximum atomic E-state index is 9.22. The number of hydrogen-bond acceptors (Lipinski definition) is 4. The van der Waals surface area contributed by atoms with E-state index in [-0.39, 0.29) is 5.91 Å². The highest BCUT2D eigenvalue weighted by Crippen LogP contribution is 2.11. The Morgan fingerprint density at radius 2 is 1.17 bits per heavy atom.